The summed E-state index contributed by atoms with van der Waals surface area (Å²) in [6.07, 6.45) is 2.19. The Morgan fingerprint density at radius 3 is 2.78 bits per heavy atom. The fraction of sp³-hybridized carbons (Fsp3) is 0.467. The number of hydrogen-bond donors (Lipinski definition) is 2. The molecule has 3 heteroatoms. The van der Waals surface area contributed by atoms with E-state index in [0.29, 0.717) is 19.2 Å². The van der Waals surface area contributed by atoms with Crippen LogP contribution in [0.5, 0.6) is 5.75 Å². The highest BCUT2D eigenvalue weighted by atomic mass is 16.5. The highest BCUT2D eigenvalue weighted by Crippen LogP contribution is 2.18. The van der Waals surface area contributed by atoms with Gasteiger partial charge in [0.05, 0.1) is 6.04 Å². The molecule has 0 heterocycles. The van der Waals surface area contributed by atoms with Crippen LogP contribution in [0.3, 0.4) is 0 Å². The molecule has 1 aromatic rings. The van der Waals surface area contributed by atoms with E-state index in [2.05, 4.69) is 25.7 Å². The fourth-order valence-electron chi connectivity index (χ4n) is 1.65. The zero-order valence-electron chi connectivity index (χ0n) is 11.3. The number of aliphatic hydroxyl groups excluding tert-OH is 1. The van der Waals surface area contributed by atoms with E-state index >= 15 is 0 Å². The normalized spacial score (nSPS) is 12.4. The van der Waals surface area contributed by atoms with Crippen molar-refractivity contribution in [3.8, 4) is 5.75 Å². The number of hydrogen-bond acceptors (Lipinski definition) is 2. The molecule has 0 aromatic heterocycles. The first-order valence-electron chi connectivity index (χ1n) is 6.46. The SMILES string of the molecule is C=CCc1ccccc1OC[C@H](O)C[NH2+]C(C)C. The maximum atomic E-state index is 9.80. The van der Waals surface area contributed by atoms with Crippen LogP contribution in [0.1, 0.15) is 19.4 Å². The van der Waals surface area contributed by atoms with Gasteiger partial charge >= 0.3 is 0 Å². The monoisotopic (exact) mass is 250 g/mol. The third kappa shape index (κ3) is 5.34. The van der Waals surface area contributed by atoms with E-state index in [1.807, 2.05) is 30.3 Å². The summed E-state index contributed by atoms with van der Waals surface area (Å²) in [4.78, 5) is 0. The van der Waals surface area contributed by atoms with Gasteiger partial charge in [-0.1, -0.05) is 24.3 Å². The van der Waals surface area contributed by atoms with Crippen molar-refractivity contribution in [2.75, 3.05) is 13.2 Å². The van der Waals surface area contributed by atoms with E-state index < -0.39 is 6.10 Å². The molecular weight excluding hydrogens is 226 g/mol. The second-order valence-corrected chi connectivity index (χ2v) is 4.78. The Kier molecular flexibility index (Phi) is 6.47. The predicted octanol–water partition coefficient (Wildman–Crippen LogP) is 1.13. The second kappa shape index (κ2) is 7.90. The number of quaternary nitrogens is 1. The standard InChI is InChI=1S/C15H23NO2/c1-4-7-13-8-5-6-9-15(13)18-11-14(17)10-16-12(2)3/h4-6,8-9,12,14,16-17H,1,7,10-11H2,2-3H3/p+1/t14-/m1/s1. The molecular formula is C15H24NO2+. The van der Waals surface area contributed by atoms with Gasteiger partial charge in [-0.15, -0.1) is 6.58 Å². The highest BCUT2D eigenvalue weighted by molar-refractivity contribution is 5.34. The predicted molar refractivity (Wildman–Crippen MR) is 73.8 cm³/mol. The molecule has 3 N–H and O–H groups in total. The molecule has 3 nitrogen and oxygen atoms in total. The van der Waals surface area contributed by atoms with Gasteiger partial charge in [0.1, 0.15) is 25.0 Å². The molecule has 0 saturated heterocycles. The number of benzene rings is 1. The minimum absolute atomic E-state index is 0.331. The summed E-state index contributed by atoms with van der Waals surface area (Å²) in [5, 5.41) is 11.9. The summed E-state index contributed by atoms with van der Waals surface area (Å²) in [6.45, 7) is 8.94. The Morgan fingerprint density at radius 2 is 2.11 bits per heavy atom. The van der Waals surface area contributed by atoms with E-state index in [1.54, 1.807) is 0 Å². The molecule has 0 bridgehead atoms. The lowest BCUT2D eigenvalue weighted by molar-refractivity contribution is -0.688. The van der Waals surface area contributed by atoms with Gasteiger partial charge in [0, 0.05) is 0 Å². The number of para-hydroxylation sites is 1. The Labute approximate surface area is 109 Å². The van der Waals surface area contributed by atoms with Crippen molar-refractivity contribution in [1.82, 2.24) is 0 Å². The average molecular weight is 250 g/mol. The number of aliphatic hydroxyl groups is 1. The molecule has 0 fully saturated rings. The minimum atomic E-state index is -0.441. The molecule has 1 aromatic carbocycles. The maximum absolute atomic E-state index is 9.80. The van der Waals surface area contributed by atoms with Crippen LogP contribution in [0.15, 0.2) is 36.9 Å². The van der Waals surface area contributed by atoms with Crippen molar-refractivity contribution in [2.45, 2.75) is 32.4 Å². The molecule has 0 aliphatic rings. The van der Waals surface area contributed by atoms with Crippen LogP contribution in [-0.4, -0.2) is 30.4 Å². The van der Waals surface area contributed by atoms with Gasteiger partial charge in [-0.2, -0.15) is 0 Å². The Morgan fingerprint density at radius 1 is 1.39 bits per heavy atom. The molecule has 0 radical (unpaired) electrons. The number of nitrogens with two attached hydrogens (primary N) is 1. The summed E-state index contributed by atoms with van der Waals surface area (Å²) < 4.78 is 5.67. The Hall–Kier alpha value is -1.32. The van der Waals surface area contributed by atoms with Crippen LogP contribution < -0.4 is 10.1 Å². The summed E-state index contributed by atoms with van der Waals surface area (Å²) in [5.74, 6) is 0.834. The van der Waals surface area contributed by atoms with E-state index in [4.69, 9.17) is 4.74 Å². The lowest BCUT2D eigenvalue weighted by Gasteiger charge is -2.14. The molecule has 18 heavy (non-hydrogen) atoms. The number of rotatable bonds is 8. The van der Waals surface area contributed by atoms with Gasteiger partial charge in [0.15, 0.2) is 0 Å². The molecule has 0 saturated carbocycles. The first-order valence-corrected chi connectivity index (χ1v) is 6.46. The molecule has 0 unspecified atom stereocenters. The quantitative estimate of drug-likeness (QED) is 0.679. The fourth-order valence-corrected chi connectivity index (χ4v) is 1.65. The van der Waals surface area contributed by atoms with Gasteiger partial charge in [-0.3, -0.25) is 0 Å². The van der Waals surface area contributed by atoms with Crippen molar-refractivity contribution < 1.29 is 15.2 Å². The van der Waals surface area contributed by atoms with Gasteiger partial charge < -0.3 is 15.2 Å². The number of ether oxygens (including phenoxy) is 1. The van der Waals surface area contributed by atoms with Crippen molar-refractivity contribution in [1.29, 1.82) is 0 Å². The van der Waals surface area contributed by atoms with Crippen LogP contribution >= 0.6 is 0 Å². The molecule has 0 aliphatic carbocycles. The Bertz CT molecular complexity index is 363. The van der Waals surface area contributed by atoms with Crippen molar-refractivity contribution in [3.05, 3.63) is 42.5 Å². The van der Waals surface area contributed by atoms with Crippen molar-refractivity contribution >= 4 is 0 Å². The average Bonchev–Trinajstić information content (AvgIpc) is 2.35. The number of allylic oxidation sites excluding steroid dienone is 1. The summed E-state index contributed by atoms with van der Waals surface area (Å²) in [7, 11) is 0. The van der Waals surface area contributed by atoms with Crippen LogP contribution in [-0.2, 0) is 6.42 Å². The molecule has 0 aliphatic heterocycles. The zero-order chi connectivity index (χ0) is 13.4. The molecule has 1 rings (SSSR count). The first kappa shape index (κ1) is 14.7. The van der Waals surface area contributed by atoms with E-state index in [-0.39, 0.29) is 0 Å². The third-order valence-corrected chi connectivity index (χ3v) is 2.65. The molecule has 0 amide bonds. The first-order chi connectivity index (χ1) is 8.63. The summed E-state index contributed by atoms with van der Waals surface area (Å²) in [5.41, 5.74) is 1.10. The molecule has 0 spiro atoms. The van der Waals surface area contributed by atoms with Crippen LogP contribution in [0.25, 0.3) is 0 Å². The minimum Gasteiger partial charge on any atom is -0.490 e. The smallest absolute Gasteiger partial charge is 0.137 e. The van der Waals surface area contributed by atoms with E-state index in [9.17, 15) is 5.11 Å². The van der Waals surface area contributed by atoms with Crippen LogP contribution in [0.2, 0.25) is 0 Å². The van der Waals surface area contributed by atoms with Crippen LogP contribution in [0, 0.1) is 0 Å². The van der Waals surface area contributed by atoms with Crippen molar-refractivity contribution in [3.63, 3.8) is 0 Å². The summed E-state index contributed by atoms with van der Waals surface area (Å²) >= 11 is 0. The van der Waals surface area contributed by atoms with Gasteiger partial charge in [0.25, 0.3) is 0 Å². The lowest BCUT2D eigenvalue weighted by atomic mass is 10.1. The largest absolute Gasteiger partial charge is 0.490 e. The van der Waals surface area contributed by atoms with E-state index in [1.165, 1.54) is 0 Å². The third-order valence-electron chi connectivity index (χ3n) is 2.65. The van der Waals surface area contributed by atoms with Gasteiger partial charge in [0.2, 0.25) is 0 Å². The maximum Gasteiger partial charge on any atom is 0.137 e. The topological polar surface area (TPSA) is 46.1 Å². The molecule has 100 valence electrons. The molecule has 1 atom stereocenters. The van der Waals surface area contributed by atoms with Crippen molar-refractivity contribution in [2.24, 2.45) is 0 Å². The van der Waals surface area contributed by atoms with Gasteiger partial charge in [-0.05, 0) is 31.9 Å². The highest BCUT2D eigenvalue weighted by Gasteiger charge is 2.10. The lowest BCUT2D eigenvalue weighted by Crippen LogP contribution is -2.90. The van der Waals surface area contributed by atoms with Gasteiger partial charge in [-0.25, -0.2) is 0 Å². The summed E-state index contributed by atoms with van der Waals surface area (Å²) in [6, 6.07) is 8.36. The van der Waals surface area contributed by atoms with Crippen LogP contribution in [0.4, 0.5) is 0 Å². The van der Waals surface area contributed by atoms with E-state index in [0.717, 1.165) is 17.7 Å². The Balaban J connectivity index is 2.44. The second-order valence-electron chi connectivity index (χ2n) is 4.78. The zero-order valence-corrected chi connectivity index (χ0v) is 11.3.